The first kappa shape index (κ1) is 6.20. The molecular weight excluding hydrogens is 128 g/mol. The van der Waals surface area contributed by atoms with E-state index in [0.29, 0.717) is 5.92 Å². The molecule has 10 heavy (non-hydrogen) atoms. The van der Waals surface area contributed by atoms with Crippen LogP contribution >= 0.6 is 0 Å². The summed E-state index contributed by atoms with van der Waals surface area (Å²) in [6.45, 7) is 0. The summed E-state index contributed by atoms with van der Waals surface area (Å²) < 4.78 is 0. The van der Waals surface area contributed by atoms with Gasteiger partial charge in [-0.1, -0.05) is 6.42 Å². The van der Waals surface area contributed by atoms with Gasteiger partial charge in [0, 0.05) is 0 Å². The Labute approximate surface area is 60.2 Å². The highest BCUT2D eigenvalue weighted by atomic mass is 16.4. The van der Waals surface area contributed by atoms with Crippen molar-refractivity contribution in [3.8, 4) is 0 Å². The number of carbonyl (C=O) groups is 1. The van der Waals surface area contributed by atoms with Crippen LogP contribution in [0.15, 0.2) is 0 Å². The van der Waals surface area contributed by atoms with E-state index in [-0.39, 0.29) is 5.92 Å². The van der Waals surface area contributed by atoms with Gasteiger partial charge in [-0.05, 0) is 31.1 Å². The molecule has 2 aliphatic carbocycles. The van der Waals surface area contributed by atoms with Crippen molar-refractivity contribution < 1.29 is 9.90 Å². The summed E-state index contributed by atoms with van der Waals surface area (Å²) in [4.78, 5) is 10.6. The fourth-order valence-corrected chi connectivity index (χ4v) is 2.55. The van der Waals surface area contributed by atoms with Gasteiger partial charge < -0.3 is 5.11 Å². The molecule has 0 aromatic heterocycles. The van der Waals surface area contributed by atoms with Gasteiger partial charge in [0.15, 0.2) is 0 Å². The molecule has 2 bridgehead atoms. The van der Waals surface area contributed by atoms with Crippen LogP contribution in [0.2, 0.25) is 0 Å². The second-order valence-electron chi connectivity index (χ2n) is 3.62. The van der Waals surface area contributed by atoms with E-state index in [0.717, 1.165) is 12.3 Å². The Balaban J connectivity index is 2.08. The van der Waals surface area contributed by atoms with Crippen LogP contribution in [0.5, 0.6) is 0 Å². The molecule has 0 aromatic carbocycles. The Bertz CT molecular complexity index is 165. The molecule has 0 saturated heterocycles. The average Bonchev–Trinajstić information content (AvgIpc) is 2.44. The van der Waals surface area contributed by atoms with Crippen molar-refractivity contribution in [1.82, 2.24) is 0 Å². The van der Waals surface area contributed by atoms with Crippen molar-refractivity contribution in [3.63, 3.8) is 0 Å². The zero-order valence-electron chi connectivity index (χ0n) is 5.92. The molecule has 0 heterocycles. The van der Waals surface area contributed by atoms with Crippen molar-refractivity contribution in [2.45, 2.75) is 25.7 Å². The number of carboxylic acid groups (broad SMARTS) is 1. The van der Waals surface area contributed by atoms with Crippen molar-refractivity contribution in [2.24, 2.45) is 17.8 Å². The SMILES string of the molecule is O=C(O)[C@@H]1C[C@@H]2CC[C@@H]1C2. The highest BCUT2D eigenvalue weighted by molar-refractivity contribution is 5.71. The zero-order valence-corrected chi connectivity index (χ0v) is 5.92. The maximum atomic E-state index is 10.6. The molecule has 2 saturated carbocycles. The summed E-state index contributed by atoms with van der Waals surface area (Å²) >= 11 is 0. The molecule has 0 aromatic rings. The molecule has 2 rings (SSSR count). The topological polar surface area (TPSA) is 37.3 Å². The van der Waals surface area contributed by atoms with Gasteiger partial charge in [-0.15, -0.1) is 0 Å². The number of rotatable bonds is 1. The first-order valence-corrected chi connectivity index (χ1v) is 4.00. The summed E-state index contributed by atoms with van der Waals surface area (Å²) in [6.07, 6.45) is 4.60. The number of aliphatic carboxylic acids is 1. The third kappa shape index (κ3) is 0.746. The zero-order chi connectivity index (χ0) is 7.14. The highest BCUT2D eigenvalue weighted by Gasteiger charge is 2.42. The maximum Gasteiger partial charge on any atom is 0.306 e. The number of hydrogen-bond acceptors (Lipinski definition) is 1. The molecule has 0 amide bonds. The van der Waals surface area contributed by atoms with Crippen molar-refractivity contribution >= 4 is 5.97 Å². The van der Waals surface area contributed by atoms with E-state index in [1.54, 1.807) is 0 Å². The summed E-state index contributed by atoms with van der Waals surface area (Å²) in [7, 11) is 0. The minimum absolute atomic E-state index is 0.0127. The van der Waals surface area contributed by atoms with Gasteiger partial charge in [0.1, 0.15) is 0 Å². The van der Waals surface area contributed by atoms with Crippen molar-refractivity contribution in [1.29, 1.82) is 0 Å². The second kappa shape index (κ2) is 1.97. The predicted octanol–water partition coefficient (Wildman–Crippen LogP) is 1.51. The molecule has 2 aliphatic rings. The summed E-state index contributed by atoms with van der Waals surface area (Å²) in [5.41, 5.74) is 0. The summed E-state index contributed by atoms with van der Waals surface area (Å²) in [6, 6.07) is 0. The summed E-state index contributed by atoms with van der Waals surface area (Å²) in [5.74, 6) is 0.736. The maximum absolute atomic E-state index is 10.6. The smallest absolute Gasteiger partial charge is 0.306 e. The van der Waals surface area contributed by atoms with Gasteiger partial charge in [0.05, 0.1) is 5.92 Å². The van der Waals surface area contributed by atoms with E-state index in [9.17, 15) is 4.79 Å². The molecule has 56 valence electrons. The van der Waals surface area contributed by atoms with E-state index in [2.05, 4.69) is 0 Å². The van der Waals surface area contributed by atoms with Crippen LogP contribution in [0.4, 0.5) is 0 Å². The lowest BCUT2D eigenvalue weighted by molar-refractivity contribution is -0.143. The second-order valence-corrected chi connectivity index (χ2v) is 3.62. The number of fused-ring (bicyclic) bond motifs is 2. The minimum atomic E-state index is -0.563. The van der Waals surface area contributed by atoms with E-state index >= 15 is 0 Å². The van der Waals surface area contributed by atoms with Gasteiger partial charge in [-0.25, -0.2) is 0 Å². The Hall–Kier alpha value is -0.530. The van der Waals surface area contributed by atoms with Crippen molar-refractivity contribution in [3.05, 3.63) is 0 Å². The first-order valence-electron chi connectivity index (χ1n) is 4.00. The largest absolute Gasteiger partial charge is 0.481 e. The van der Waals surface area contributed by atoms with Crippen LogP contribution in [0.3, 0.4) is 0 Å². The normalized spacial score (nSPS) is 44.2. The third-order valence-corrected chi connectivity index (χ3v) is 3.06. The lowest BCUT2D eigenvalue weighted by Gasteiger charge is -2.16. The van der Waals surface area contributed by atoms with Crippen LogP contribution in [-0.2, 0) is 4.79 Å². The fourth-order valence-electron chi connectivity index (χ4n) is 2.55. The molecule has 0 spiro atoms. The number of carboxylic acids is 1. The monoisotopic (exact) mass is 140 g/mol. The fraction of sp³-hybridized carbons (Fsp3) is 0.875. The van der Waals surface area contributed by atoms with E-state index in [1.807, 2.05) is 0 Å². The van der Waals surface area contributed by atoms with Gasteiger partial charge >= 0.3 is 5.97 Å². The number of hydrogen-bond donors (Lipinski definition) is 1. The van der Waals surface area contributed by atoms with Crippen LogP contribution in [0.25, 0.3) is 0 Å². The molecule has 0 radical (unpaired) electrons. The first-order chi connectivity index (χ1) is 4.77. The molecule has 3 atom stereocenters. The quantitative estimate of drug-likeness (QED) is 0.599. The van der Waals surface area contributed by atoms with Crippen LogP contribution in [0, 0.1) is 17.8 Å². The summed E-state index contributed by atoms with van der Waals surface area (Å²) in [5, 5.41) is 8.74. The predicted molar refractivity (Wildman–Crippen MR) is 36.6 cm³/mol. The minimum Gasteiger partial charge on any atom is -0.481 e. The highest BCUT2D eigenvalue weighted by Crippen LogP contribution is 2.48. The Morgan fingerprint density at radius 1 is 1.30 bits per heavy atom. The van der Waals surface area contributed by atoms with Gasteiger partial charge in [0.2, 0.25) is 0 Å². The van der Waals surface area contributed by atoms with Gasteiger partial charge in [-0.3, -0.25) is 4.79 Å². The van der Waals surface area contributed by atoms with Gasteiger partial charge in [-0.2, -0.15) is 0 Å². The van der Waals surface area contributed by atoms with E-state index in [1.165, 1.54) is 19.3 Å². The molecular formula is C8H12O2. The Kier molecular flexibility index (Phi) is 1.22. The molecule has 2 heteroatoms. The third-order valence-electron chi connectivity index (χ3n) is 3.06. The van der Waals surface area contributed by atoms with Gasteiger partial charge in [0.25, 0.3) is 0 Å². The standard InChI is InChI=1S/C8H12O2/c9-8(10)7-4-5-1-2-6(7)3-5/h5-7H,1-4H2,(H,9,10)/t5-,6-,7-/m1/s1. The van der Waals surface area contributed by atoms with E-state index < -0.39 is 5.97 Å². The molecule has 0 unspecified atom stereocenters. The molecule has 0 aliphatic heterocycles. The Morgan fingerprint density at radius 2 is 2.10 bits per heavy atom. The van der Waals surface area contributed by atoms with Crippen molar-refractivity contribution in [2.75, 3.05) is 0 Å². The Morgan fingerprint density at radius 3 is 2.40 bits per heavy atom. The van der Waals surface area contributed by atoms with Crippen LogP contribution in [0.1, 0.15) is 25.7 Å². The van der Waals surface area contributed by atoms with Crippen LogP contribution in [-0.4, -0.2) is 11.1 Å². The molecule has 2 nitrogen and oxygen atoms in total. The lowest BCUT2D eigenvalue weighted by atomic mass is 9.89. The average molecular weight is 140 g/mol. The molecule has 2 fully saturated rings. The van der Waals surface area contributed by atoms with Crippen LogP contribution < -0.4 is 0 Å². The molecule has 1 N–H and O–H groups in total. The van der Waals surface area contributed by atoms with E-state index in [4.69, 9.17) is 5.11 Å². The lowest BCUT2D eigenvalue weighted by Crippen LogP contribution is -2.19.